The van der Waals surface area contributed by atoms with Gasteiger partial charge in [-0.05, 0) is 11.7 Å². The van der Waals surface area contributed by atoms with Crippen LogP contribution >= 0.6 is 11.8 Å². The van der Waals surface area contributed by atoms with Crippen LogP contribution in [0.5, 0.6) is 0 Å². The Hall–Kier alpha value is -0.590. The molecule has 98 valence electrons. The molecule has 1 N–H and O–H groups in total. The quantitative estimate of drug-likeness (QED) is 0.764. The molecule has 0 saturated heterocycles. The van der Waals surface area contributed by atoms with Gasteiger partial charge in [-0.15, -0.1) is 0 Å². The molecule has 0 aliphatic heterocycles. The van der Waals surface area contributed by atoms with E-state index in [9.17, 15) is 5.11 Å². The lowest BCUT2D eigenvalue weighted by molar-refractivity contribution is 0.0599. The van der Waals surface area contributed by atoms with Gasteiger partial charge in [0.25, 0.3) is 0 Å². The normalized spacial score (nSPS) is 13.2. The molecule has 0 aliphatic rings. The predicted octanol–water partition coefficient (Wildman–Crippen LogP) is 1.51. The van der Waals surface area contributed by atoms with Crippen molar-refractivity contribution >= 4 is 11.8 Å². The Morgan fingerprint density at radius 2 is 2.24 bits per heavy atom. The number of ether oxygens (including phenoxy) is 1. The molecular formula is C11H20N2O3S. The molecule has 0 radical (unpaired) electrons. The summed E-state index contributed by atoms with van der Waals surface area (Å²) in [5, 5.41) is 13.4. The van der Waals surface area contributed by atoms with Crippen LogP contribution in [0.1, 0.15) is 25.6 Å². The van der Waals surface area contributed by atoms with Crippen molar-refractivity contribution in [1.29, 1.82) is 0 Å². The first-order valence-corrected chi connectivity index (χ1v) is 6.83. The monoisotopic (exact) mass is 260 g/mol. The van der Waals surface area contributed by atoms with Crippen LogP contribution in [0.4, 0.5) is 0 Å². The van der Waals surface area contributed by atoms with Crippen molar-refractivity contribution in [2.45, 2.75) is 32.1 Å². The Bertz CT molecular complexity index is 317. The number of methoxy groups -OCH3 is 1. The standard InChI is InChI=1S/C11H20N2O3S/c1-8(2)6-17-7-10-12-11(16-13-10)4-9(14)5-15-3/h8-9,14H,4-7H2,1-3H3. The minimum absolute atomic E-state index is 0.278. The van der Waals surface area contributed by atoms with Crippen molar-refractivity contribution in [3.05, 3.63) is 11.7 Å². The molecular weight excluding hydrogens is 240 g/mol. The molecule has 17 heavy (non-hydrogen) atoms. The first-order valence-electron chi connectivity index (χ1n) is 5.68. The molecule has 0 aromatic carbocycles. The maximum absolute atomic E-state index is 9.50. The fourth-order valence-electron chi connectivity index (χ4n) is 1.27. The minimum atomic E-state index is -0.586. The molecule has 1 atom stereocenters. The van der Waals surface area contributed by atoms with Gasteiger partial charge in [-0.1, -0.05) is 19.0 Å². The number of thioether (sulfide) groups is 1. The highest BCUT2D eigenvalue weighted by molar-refractivity contribution is 7.98. The van der Waals surface area contributed by atoms with E-state index in [1.54, 1.807) is 18.9 Å². The van der Waals surface area contributed by atoms with Crippen molar-refractivity contribution in [1.82, 2.24) is 10.1 Å². The molecule has 1 unspecified atom stereocenters. The summed E-state index contributed by atoms with van der Waals surface area (Å²) in [6.45, 7) is 4.63. The number of rotatable bonds is 8. The van der Waals surface area contributed by atoms with E-state index in [4.69, 9.17) is 9.26 Å². The van der Waals surface area contributed by atoms with Gasteiger partial charge in [-0.25, -0.2) is 0 Å². The minimum Gasteiger partial charge on any atom is -0.390 e. The van der Waals surface area contributed by atoms with Gasteiger partial charge in [-0.2, -0.15) is 16.7 Å². The fourth-order valence-corrected chi connectivity index (χ4v) is 2.16. The van der Waals surface area contributed by atoms with Crippen LogP contribution in [0.3, 0.4) is 0 Å². The summed E-state index contributed by atoms with van der Waals surface area (Å²) in [5.74, 6) is 3.65. The average Bonchev–Trinajstić information content (AvgIpc) is 2.65. The van der Waals surface area contributed by atoms with Gasteiger partial charge >= 0.3 is 0 Å². The zero-order chi connectivity index (χ0) is 12.7. The van der Waals surface area contributed by atoms with E-state index in [0.29, 0.717) is 24.1 Å². The highest BCUT2D eigenvalue weighted by Gasteiger charge is 2.12. The van der Waals surface area contributed by atoms with Crippen LogP contribution in [0, 0.1) is 5.92 Å². The Morgan fingerprint density at radius 3 is 2.88 bits per heavy atom. The number of hydrogen-bond acceptors (Lipinski definition) is 6. The second-order valence-electron chi connectivity index (χ2n) is 4.33. The highest BCUT2D eigenvalue weighted by Crippen LogP contribution is 2.13. The maximum Gasteiger partial charge on any atom is 0.229 e. The second-order valence-corrected chi connectivity index (χ2v) is 5.36. The molecule has 1 aromatic rings. The highest BCUT2D eigenvalue weighted by atomic mass is 32.2. The van der Waals surface area contributed by atoms with E-state index in [1.807, 2.05) is 0 Å². The van der Waals surface area contributed by atoms with Gasteiger partial charge in [-0.3, -0.25) is 0 Å². The number of aliphatic hydroxyl groups is 1. The second kappa shape index (κ2) is 7.68. The van der Waals surface area contributed by atoms with Crippen molar-refractivity contribution in [3.63, 3.8) is 0 Å². The lowest BCUT2D eigenvalue weighted by atomic mass is 10.3. The molecule has 1 rings (SSSR count). The van der Waals surface area contributed by atoms with Crippen LogP contribution in [0.2, 0.25) is 0 Å². The summed E-state index contributed by atoms with van der Waals surface area (Å²) in [5.41, 5.74) is 0. The van der Waals surface area contributed by atoms with Crippen molar-refractivity contribution in [2.24, 2.45) is 5.92 Å². The summed E-state index contributed by atoms with van der Waals surface area (Å²) in [7, 11) is 1.55. The number of hydrogen-bond donors (Lipinski definition) is 1. The van der Waals surface area contributed by atoms with Gasteiger partial charge in [0.2, 0.25) is 5.89 Å². The molecule has 0 spiro atoms. The third-order valence-electron chi connectivity index (χ3n) is 1.96. The first-order chi connectivity index (χ1) is 8.11. The Balaban J connectivity index is 2.32. The van der Waals surface area contributed by atoms with Crippen molar-refractivity contribution in [2.75, 3.05) is 19.5 Å². The molecule has 1 aromatic heterocycles. The lowest BCUT2D eigenvalue weighted by Gasteiger charge is -2.04. The summed E-state index contributed by atoms with van der Waals surface area (Å²) < 4.78 is 9.88. The summed E-state index contributed by atoms with van der Waals surface area (Å²) in [6.07, 6.45) is -0.244. The van der Waals surface area contributed by atoms with Crippen LogP contribution < -0.4 is 0 Å². The summed E-state index contributed by atoms with van der Waals surface area (Å²) in [6, 6.07) is 0. The Morgan fingerprint density at radius 1 is 1.47 bits per heavy atom. The van der Waals surface area contributed by atoms with Gasteiger partial charge < -0.3 is 14.4 Å². The van der Waals surface area contributed by atoms with Gasteiger partial charge in [0.05, 0.1) is 24.9 Å². The van der Waals surface area contributed by atoms with E-state index in [-0.39, 0.29) is 6.61 Å². The van der Waals surface area contributed by atoms with E-state index in [2.05, 4.69) is 24.0 Å². The third kappa shape index (κ3) is 6.05. The summed E-state index contributed by atoms with van der Waals surface area (Å²) >= 11 is 1.78. The Labute approximate surface area is 106 Å². The number of aliphatic hydroxyl groups excluding tert-OH is 1. The lowest BCUT2D eigenvalue weighted by Crippen LogP contribution is -2.17. The number of nitrogens with zero attached hydrogens (tertiary/aromatic N) is 2. The molecule has 0 saturated carbocycles. The maximum atomic E-state index is 9.50. The SMILES string of the molecule is COCC(O)Cc1nc(CSCC(C)C)no1. The third-order valence-corrected chi connectivity index (χ3v) is 3.33. The molecule has 6 heteroatoms. The zero-order valence-electron chi connectivity index (χ0n) is 10.5. The average molecular weight is 260 g/mol. The van der Waals surface area contributed by atoms with Gasteiger partial charge in [0.15, 0.2) is 5.82 Å². The molecule has 0 amide bonds. The largest absolute Gasteiger partial charge is 0.390 e. The molecule has 1 heterocycles. The van der Waals surface area contributed by atoms with Gasteiger partial charge in [0, 0.05) is 7.11 Å². The van der Waals surface area contributed by atoms with Crippen molar-refractivity contribution in [3.8, 4) is 0 Å². The molecule has 0 fully saturated rings. The van der Waals surface area contributed by atoms with Crippen molar-refractivity contribution < 1.29 is 14.4 Å². The van der Waals surface area contributed by atoms with E-state index < -0.39 is 6.10 Å². The molecule has 0 bridgehead atoms. The van der Waals surface area contributed by atoms with E-state index in [1.165, 1.54) is 0 Å². The number of aromatic nitrogens is 2. The topological polar surface area (TPSA) is 68.4 Å². The predicted molar refractivity (Wildman–Crippen MR) is 66.9 cm³/mol. The Kier molecular flexibility index (Phi) is 6.54. The summed E-state index contributed by atoms with van der Waals surface area (Å²) in [4.78, 5) is 4.22. The van der Waals surface area contributed by atoms with E-state index >= 15 is 0 Å². The van der Waals surface area contributed by atoms with Crippen LogP contribution in [-0.4, -0.2) is 40.8 Å². The van der Waals surface area contributed by atoms with E-state index in [0.717, 1.165) is 11.5 Å². The zero-order valence-corrected chi connectivity index (χ0v) is 11.4. The van der Waals surface area contributed by atoms with Crippen LogP contribution in [-0.2, 0) is 16.9 Å². The smallest absolute Gasteiger partial charge is 0.229 e. The van der Waals surface area contributed by atoms with Crippen LogP contribution in [0.15, 0.2) is 4.52 Å². The van der Waals surface area contributed by atoms with Gasteiger partial charge in [0.1, 0.15) is 0 Å². The molecule has 0 aliphatic carbocycles. The first kappa shape index (κ1) is 14.5. The fraction of sp³-hybridized carbons (Fsp3) is 0.818. The molecule has 5 nitrogen and oxygen atoms in total. The van der Waals surface area contributed by atoms with Crippen LogP contribution in [0.25, 0.3) is 0 Å².